The van der Waals surface area contributed by atoms with Crippen LogP contribution < -0.4 is 0 Å². The molecule has 1 N–H and O–H groups in total. The summed E-state index contributed by atoms with van der Waals surface area (Å²) in [5.41, 5.74) is 0.473. The summed E-state index contributed by atoms with van der Waals surface area (Å²) in [6.07, 6.45) is 0. The third-order valence-electron chi connectivity index (χ3n) is 2.68. The van der Waals surface area contributed by atoms with Crippen molar-refractivity contribution in [3.63, 3.8) is 0 Å². The molecule has 1 aromatic carbocycles. The van der Waals surface area contributed by atoms with Crippen LogP contribution in [-0.2, 0) is 16.1 Å². The molecule has 0 aliphatic rings. The molecule has 8 heteroatoms. The summed E-state index contributed by atoms with van der Waals surface area (Å²) in [6, 6.07) is 4.33. The van der Waals surface area contributed by atoms with Crippen LogP contribution in [0.25, 0.3) is 11.0 Å². The zero-order valence-corrected chi connectivity index (χ0v) is 12.7. The number of carbonyl (C=O) groups is 1. The van der Waals surface area contributed by atoms with Gasteiger partial charge >= 0.3 is 5.97 Å². The van der Waals surface area contributed by atoms with Crippen molar-refractivity contribution >= 4 is 34.9 Å². The number of H-pyrrole nitrogens is 1. The monoisotopic (exact) mass is 309 g/mol. The smallest absolute Gasteiger partial charge is 0.326 e. The van der Waals surface area contributed by atoms with Crippen LogP contribution in [0.4, 0.5) is 5.69 Å². The van der Waals surface area contributed by atoms with E-state index >= 15 is 0 Å². The molecule has 7 nitrogen and oxygen atoms in total. The molecule has 0 aliphatic carbocycles. The first-order chi connectivity index (χ1) is 9.67. The van der Waals surface area contributed by atoms with Gasteiger partial charge in [-0.3, -0.25) is 14.9 Å². The van der Waals surface area contributed by atoms with Gasteiger partial charge in [0.2, 0.25) is 0 Å². The lowest BCUT2D eigenvalue weighted by Crippen LogP contribution is -2.26. The lowest BCUT2D eigenvalue weighted by atomic mass is 10.2. The molecule has 0 saturated heterocycles. The maximum absolute atomic E-state index is 11.9. The van der Waals surface area contributed by atoms with E-state index in [9.17, 15) is 14.9 Å². The fourth-order valence-corrected chi connectivity index (χ4v) is 2.19. The lowest BCUT2D eigenvalue weighted by molar-refractivity contribution is -0.384. The Morgan fingerprint density at radius 3 is 2.71 bits per heavy atom. The predicted molar refractivity (Wildman–Crippen MR) is 79.6 cm³/mol. The second-order valence-electron chi connectivity index (χ2n) is 5.56. The number of non-ortho nitro benzene ring substituents is 1. The highest BCUT2D eigenvalue weighted by Crippen LogP contribution is 2.21. The Labute approximate surface area is 125 Å². The van der Waals surface area contributed by atoms with Gasteiger partial charge in [-0.25, -0.2) is 0 Å². The van der Waals surface area contributed by atoms with Crippen LogP contribution in [0.3, 0.4) is 0 Å². The number of carbonyl (C=O) groups excluding carboxylic acids is 1. The number of benzene rings is 1. The Morgan fingerprint density at radius 2 is 2.14 bits per heavy atom. The number of hydrogen-bond donors (Lipinski definition) is 1. The summed E-state index contributed by atoms with van der Waals surface area (Å²) in [5, 5.41) is 10.8. The standard InChI is InChI=1S/C13H15N3O4S/c1-13(2,3)20-11(17)7-15-10-6-8(16(18)19)4-5-9(10)14-12(15)21/h4-6H,7H2,1-3H3,(H,14,21). The first-order valence-electron chi connectivity index (χ1n) is 6.26. The highest BCUT2D eigenvalue weighted by atomic mass is 32.1. The molecule has 0 aliphatic heterocycles. The SMILES string of the molecule is CC(C)(C)OC(=O)Cn1c(=S)[nH]c2ccc([N+](=O)[O-])cc21. The van der Waals surface area contributed by atoms with E-state index in [4.69, 9.17) is 17.0 Å². The van der Waals surface area contributed by atoms with E-state index in [0.717, 1.165) is 0 Å². The number of esters is 1. The molecular formula is C13H15N3O4S. The maximum Gasteiger partial charge on any atom is 0.326 e. The summed E-state index contributed by atoms with van der Waals surface area (Å²) in [7, 11) is 0. The molecule has 0 atom stereocenters. The molecule has 0 radical (unpaired) electrons. The van der Waals surface area contributed by atoms with E-state index in [-0.39, 0.29) is 12.2 Å². The van der Waals surface area contributed by atoms with Crippen LogP contribution in [0.2, 0.25) is 0 Å². The van der Waals surface area contributed by atoms with Crippen molar-refractivity contribution in [3.8, 4) is 0 Å². The van der Waals surface area contributed by atoms with Crippen LogP contribution >= 0.6 is 12.2 Å². The van der Waals surface area contributed by atoms with Crippen LogP contribution in [-0.4, -0.2) is 26.0 Å². The number of nitro benzene ring substituents is 1. The van der Waals surface area contributed by atoms with Gasteiger partial charge in [-0.05, 0) is 39.1 Å². The Bertz CT molecular complexity index is 770. The van der Waals surface area contributed by atoms with Gasteiger partial charge in [-0.2, -0.15) is 0 Å². The Kier molecular flexibility index (Phi) is 3.82. The number of nitro groups is 1. The molecule has 1 heterocycles. The van der Waals surface area contributed by atoms with Gasteiger partial charge in [0.05, 0.1) is 16.0 Å². The molecular weight excluding hydrogens is 294 g/mol. The Hall–Kier alpha value is -2.22. The number of fused-ring (bicyclic) bond motifs is 1. The van der Waals surface area contributed by atoms with Crippen LogP contribution in [0, 0.1) is 14.9 Å². The number of imidazole rings is 1. The lowest BCUT2D eigenvalue weighted by Gasteiger charge is -2.19. The molecule has 21 heavy (non-hydrogen) atoms. The zero-order valence-electron chi connectivity index (χ0n) is 11.9. The average molecular weight is 309 g/mol. The number of nitrogens with one attached hydrogen (secondary N) is 1. The van der Waals surface area contributed by atoms with Crippen molar-refractivity contribution in [2.24, 2.45) is 0 Å². The van der Waals surface area contributed by atoms with Gasteiger partial charge in [0.25, 0.3) is 5.69 Å². The van der Waals surface area contributed by atoms with Crippen LogP contribution in [0.15, 0.2) is 18.2 Å². The minimum absolute atomic E-state index is 0.0607. The van der Waals surface area contributed by atoms with Crippen LogP contribution in [0.1, 0.15) is 20.8 Å². The van der Waals surface area contributed by atoms with Crippen molar-refractivity contribution in [1.82, 2.24) is 9.55 Å². The van der Waals surface area contributed by atoms with E-state index in [1.54, 1.807) is 26.8 Å². The second kappa shape index (κ2) is 5.28. The summed E-state index contributed by atoms with van der Waals surface area (Å²) < 4.78 is 7.05. The molecule has 1 aromatic heterocycles. The van der Waals surface area contributed by atoms with Gasteiger partial charge in [0.15, 0.2) is 4.77 Å². The van der Waals surface area contributed by atoms with Crippen molar-refractivity contribution in [3.05, 3.63) is 33.1 Å². The van der Waals surface area contributed by atoms with Gasteiger partial charge in [0, 0.05) is 12.1 Å². The van der Waals surface area contributed by atoms with E-state index in [1.165, 1.54) is 16.7 Å². The summed E-state index contributed by atoms with van der Waals surface area (Å²) in [5.74, 6) is -0.453. The second-order valence-corrected chi connectivity index (χ2v) is 5.95. The van der Waals surface area contributed by atoms with Gasteiger partial charge in [0.1, 0.15) is 12.1 Å². The third-order valence-corrected chi connectivity index (χ3v) is 3.00. The van der Waals surface area contributed by atoms with Crippen LogP contribution in [0.5, 0.6) is 0 Å². The van der Waals surface area contributed by atoms with E-state index in [2.05, 4.69) is 4.98 Å². The summed E-state index contributed by atoms with van der Waals surface area (Å²) in [4.78, 5) is 25.2. The largest absolute Gasteiger partial charge is 0.459 e. The quantitative estimate of drug-likeness (QED) is 0.407. The Morgan fingerprint density at radius 1 is 1.48 bits per heavy atom. The number of aromatic amines is 1. The first kappa shape index (κ1) is 15.2. The van der Waals surface area contributed by atoms with E-state index in [1.807, 2.05) is 0 Å². The molecule has 2 rings (SSSR count). The number of rotatable bonds is 3. The third kappa shape index (κ3) is 3.46. The molecule has 0 bridgehead atoms. The number of aromatic nitrogens is 2. The van der Waals surface area contributed by atoms with Gasteiger partial charge in [-0.15, -0.1) is 0 Å². The van der Waals surface area contributed by atoms with Crippen molar-refractivity contribution < 1.29 is 14.5 Å². The van der Waals surface area contributed by atoms with Crippen molar-refractivity contribution in [1.29, 1.82) is 0 Å². The summed E-state index contributed by atoms with van der Waals surface area (Å²) >= 11 is 5.15. The Balaban J connectivity index is 2.41. The molecule has 0 amide bonds. The highest BCUT2D eigenvalue weighted by molar-refractivity contribution is 7.71. The topological polar surface area (TPSA) is 90.2 Å². The normalized spacial score (nSPS) is 11.6. The molecule has 0 spiro atoms. The minimum Gasteiger partial charge on any atom is -0.459 e. The molecule has 112 valence electrons. The first-order valence-corrected chi connectivity index (χ1v) is 6.67. The molecule has 2 aromatic rings. The van der Waals surface area contributed by atoms with E-state index in [0.29, 0.717) is 15.8 Å². The minimum atomic E-state index is -0.600. The predicted octanol–water partition coefficient (Wildman–Crippen LogP) is 2.95. The fraction of sp³-hybridized carbons (Fsp3) is 0.385. The number of hydrogen-bond acceptors (Lipinski definition) is 5. The zero-order chi connectivity index (χ0) is 15.8. The molecule has 0 unspecified atom stereocenters. The van der Waals surface area contributed by atoms with Gasteiger partial charge in [-0.1, -0.05) is 0 Å². The van der Waals surface area contributed by atoms with Crippen molar-refractivity contribution in [2.45, 2.75) is 32.9 Å². The van der Waals surface area contributed by atoms with E-state index < -0.39 is 16.5 Å². The number of ether oxygens (including phenoxy) is 1. The fourth-order valence-electron chi connectivity index (χ4n) is 1.91. The van der Waals surface area contributed by atoms with Crippen molar-refractivity contribution in [2.75, 3.05) is 0 Å². The summed E-state index contributed by atoms with van der Waals surface area (Å²) in [6.45, 7) is 5.20. The molecule has 0 saturated carbocycles. The van der Waals surface area contributed by atoms with Gasteiger partial charge < -0.3 is 14.3 Å². The average Bonchev–Trinajstić information content (AvgIpc) is 2.63. The number of nitrogens with zero attached hydrogens (tertiary/aromatic N) is 2. The highest BCUT2D eigenvalue weighted by Gasteiger charge is 2.18. The molecule has 0 fully saturated rings. The maximum atomic E-state index is 11.9.